The summed E-state index contributed by atoms with van der Waals surface area (Å²) in [5, 5.41) is 9.37. The Kier molecular flexibility index (Phi) is 5.41. The minimum Gasteiger partial charge on any atom is -0.480 e. The van der Waals surface area contributed by atoms with Gasteiger partial charge < -0.3 is 15.7 Å². The van der Waals surface area contributed by atoms with Crippen LogP contribution in [0.4, 0.5) is 0 Å². The van der Waals surface area contributed by atoms with Crippen molar-refractivity contribution in [2.75, 3.05) is 13.6 Å². The summed E-state index contributed by atoms with van der Waals surface area (Å²) in [5.41, 5.74) is 6.57. The van der Waals surface area contributed by atoms with E-state index in [0.717, 1.165) is 12.1 Å². The fourth-order valence-electron chi connectivity index (χ4n) is 1.46. The first kappa shape index (κ1) is 14.0. The average molecular weight is 257 g/mol. The molecule has 0 fully saturated rings. The SMILES string of the molecule is CN(CCC(N)C(=O)O)Cc1ccc(Cl)cc1. The minimum atomic E-state index is -0.954. The molecule has 4 nitrogen and oxygen atoms in total. The van der Waals surface area contributed by atoms with Crippen molar-refractivity contribution in [3.8, 4) is 0 Å². The molecule has 17 heavy (non-hydrogen) atoms. The molecule has 1 unspecified atom stereocenters. The number of halogens is 1. The zero-order chi connectivity index (χ0) is 12.8. The molecule has 0 bridgehead atoms. The maximum absolute atomic E-state index is 10.5. The molecule has 0 radical (unpaired) electrons. The van der Waals surface area contributed by atoms with Crippen molar-refractivity contribution < 1.29 is 9.90 Å². The van der Waals surface area contributed by atoms with Crippen LogP contribution < -0.4 is 5.73 Å². The van der Waals surface area contributed by atoms with Gasteiger partial charge in [0.2, 0.25) is 0 Å². The van der Waals surface area contributed by atoms with Gasteiger partial charge in [0.15, 0.2) is 0 Å². The van der Waals surface area contributed by atoms with Crippen molar-refractivity contribution in [2.45, 2.75) is 19.0 Å². The van der Waals surface area contributed by atoms with Crippen LogP contribution in [0.3, 0.4) is 0 Å². The van der Waals surface area contributed by atoms with Crippen LogP contribution in [-0.2, 0) is 11.3 Å². The van der Waals surface area contributed by atoms with Gasteiger partial charge in [-0.3, -0.25) is 4.79 Å². The zero-order valence-corrected chi connectivity index (χ0v) is 10.5. The van der Waals surface area contributed by atoms with Crippen LogP contribution in [0.2, 0.25) is 5.02 Å². The fraction of sp³-hybridized carbons (Fsp3) is 0.417. The number of aliphatic carboxylic acids is 1. The van der Waals surface area contributed by atoms with Crippen LogP contribution in [0.15, 0.2) is 24.3 Å². The molecule has 0 aromatic heterocycles. The van der Waals surface area contributed by atoms with Crippen molar-refractivity contribution in [1.29, 1.82) is 0 Å². The lowest BCUT2D eigenvalue weighted by molar-refractivity contribution is -0.138. The van der Waals surface area contributed by atoms with Crippen molar-refractivity contribution >= 4 is 17.6 Å². The van der Waals surface area contributed by atoms with Crippen LogP contribution in [0.25, 0.3) is 0 Å². The molecule has 3 N–H and O–H groups in total. The van der Waals surface area contributed by atoms with Gasteiger partial charge in [-0.2, -0.15) is 0 Å². The second-order valence-electron chi connectivity index (χ2n) is 4.10. The Balaban J connectivity index is 2.36. The van der Waals surface area contributed by atoms with Crippen LogP contribution >= 0.6 is 11.6 Å². The Bertz CT molecular complexity index is 367. The van der Waals surface area contributed by atoms with Gasteiger partial charge in [0.25, 0.3) is 0 Å². The maximum atomic E-state index is 10.5. The van der Waals surface area contributed by atoms with Crippen molar-refractivity contribution in [3.05, 3.63) is 34.9 Å². The molecular formula is C12H17ClN2O2. The molecule has 1 aromatic rings. The van der Waals surface area contributed by atoms with Crippen molar-refractivity contribution in [1.82, 2.24) is 4.90 Å². The van der Waals surface area contributed by atoms with Crippen LogP contribution in [0, 0.1) is 0 Å². The third-order valence-electron chi connectivity index (χ3n) is 2.50. The largest absolute Gasteiger partial charge is 0.480 e. The van der Waals surface area contributed by atoms with E-state index in [4.69, 9.17) is 22.4 Å². The topological polar surface area (TPSA) is 66.6 Å². The number of nitrogens with zero attached hydrogens (tertiary/aromatic N) is 1. The van der Waals surface area contributed by atoms with E-state index in [1.54, 1.807) is 0 Å². The van der Waals surface area contributed by atoms with E-state index in [0.29, 0.717) is 18.0 Å². The predicted molar refractivity (Wildman–Crippen MR) is 68.0 cm³/mol. The highest BCUT2D eigenvalue weighted by Crippen LogP contribution is 2.11. The monoisotopic (exact) mass is 256 g/mol. The Hall–Kier alpha value is -1.10. The highest BCUT2D eigenvalue weighted by molar-refractivity contribution is 6.30. The van der Waals surface area contributed by atoms with Crippen LogP contribution in [0.5, 0.6) is 0 Å². The quantitative estimate of drug-likeness (QED) is 0.811. The molecule has 0 aliphatic carbocycles. The number of nitrogens with two attached hydrogens (primary N) is 1. The van der Waals surface area contributed by atoms with E-state index in [1.165, 1.54) is 0 Å². The lowest BCUT2D eigenvalue weighted by atomic mass is 10.2. The molecule has 0 spiro atoms. The summed E-state index contributed by atoms with van der Waals surface area (Å²) in [4.78, 5) is 12.6. The summed E-state index contributed by atoms with van der Waals surface area (Å²) in [6.07, 6.45) is 0.444. The second kappa shape index (κ2) is 6.59. The van der Waals surface area contributed by atoms with Crippen molar-refractivity contribution in [2.24, 2.45) is 5.73 Å². The number of carboxylic acid groups (broad SMARTS) is 1. The Morgan fingerprint density at radius 3 is 2.59 bits per heavy atom. The summed E-state index contributed by atoms with van der Waals surface area (Å²) in [7, 11) is 1.93. The summed E-state index contributed by atoms with van der Waals surface area (Å²) < 4.78 is 0. The molecule has 0 heterocycles. The molecule has 0 aliphatic rings. The number of benzene rings is 1. The smallest absolute Gasteiger partial charge is 0.320 e. The summed E-state index contributed by atoms with van der Waals surface area (Å²) in [5.74, 6) is -0.954. The molecule has 0 saturated carbocycles. The minimum absolute atomic E-state index is 0.444. The normalized spacial score (nSPS) is 12.7. The first-order chi connectivity index (χ1) is 7.99. The third-order valence-corrected chi connectivity index (χ3v) is 2.76. The fourth-order valence-corrected chi connectivity index (χ4v) is 1.59. The molecular weight excluding hydrogens is 240 g/mol. The summed E-state index contributed by atoms with van der Waals surface area (Å²) >= 11 is 5.79. The maximum Gasteiger partial charge on any atom is 0.320 e. The van der Waals surface area contributed by atoms with E-state index in [-0.39, 0.29) is 0 Å². The van der Waals surface area contributed by atoms with Crippen LogP contribution in [-0.4, -0.2) is 35.6 Å². The Morgan fingerprint density at radius 2 is 2.06 bits per heavy atom. The van der Waals surface area contributed by atoms with Gasteiger partial charge in [0, 0.05) is 18.1 Å². The van der Waals surface area contributed by atoms with Gasteiger partial charge in [-0.15, -0.1) is 0 Å². The van der Waals surface area contributed by atoms with E-state index in [2.05, 4.69) is 0 Å². The highest BCUT2D eigenvalue weighted by Gasteiger charge is 2.12. The molecule has 0 aliphatic heterocycles. The molecule has 94 valence electrons. The number of carboxylic acids is 1. The summed E-state index contributed by atoms with van der Waals surface area (Å²) in [6, 6.07) is 6.80. The summed E-state index contributed by atoms with van der Waals surface area (Å²) in [6.45, 7) is 1.40. The van der Waals surface area contributed by atoms with Crippen LogP contribution in [0.1, 0.15) is 12.0 Å². The standard InChI is InChI=1S/C12H17ClN2O2/c1-15(7-6-11(14)12(16)17)8-9-2-4-10(13)5-3-9/h2-5,11H,6-8,14H2,1H3,(H,16,17). The van der Waals surface area contributed by atoms with Gasteiger partial charge in [0.1, 0.15) is 6.04 Å². The Labute approximate surface area is 106 Å². The van der Waals surface area contributed by atoms with E-state index < -0.39 is 12.0 Å². The third kappa shape index (κ3) is 5.17. The van der Waals surface area contributed by atoms with E-state index in [9.17, 15) is 4.79 Å². The van der Waals surface area contributed by atoms with Gasteiger partial charge in [0.05, 0.1) is 0 Å². The zero-order valence-electron chi connectivity index (χ0n) is 9.77. The second-order valence-corrected chi connectivity index (χ2v) is 4.53. The molecule has 1 rings (SSSR count). The highest BCUT2D eigenvalue weighted by atomic mass is 35.5. The van der Waals surface area contributed by atoms with Gasteiger partial charge in [-0.1, -0.05) is 23.7 Å². The lowest BCUT2D eigenvalue weighted by Crippen LogP contribution is -2.34. The van der Waals surface area contributed by atoms with Crippen molar-refractivity contribution in [3.63, 3.8) is 0 Å². The van der Waals surface area contributed by atoms with Gasteiger partial charge in [-0.05, 0) is 31.2 Å². The first-order valence-corrected chi connectivity index (χ1v) is 5.78. The first-order valence-electron chi connectivity index (χ1n) is 5.40. The molecule has 1 atom stereocenters. The van der Waals surface area contributed by atoms with E-state index >= 15 is 0 Å². The van der Waals surface area contributed by atoms with Gasteiger partial charge in [-0.25, -0.2) is 0 Å². The molecule has 5 heteroatoms. The molecule has 1 aromatic carbocycles. The predicted octanol–water partition coefficient (Wildman–Crippen LogP) is 1.57. The molecule has 0 amide bonds. The van der Waals surface area contributed by atoms with E-state index in [1.807, 2.05) is 36.2 Å². The average Bonchev–Trinajstić information content (AvgIpc) is 2.29. The number of hydrogen-bond acceptors (Lipinski definition) is 3. The number of rotatable bonds is 6. The van der Waals surface area contributed by atoms with Gasteiger partial charge >= 0.3 is 5.97 Å². The number of hydrogen-bond donors (Lipinski definition) is 2. The number of carbonyl (C=O) groups is 1. The Morgan fingerprint density at radius 1 is 1.47 bits per heavy atom. The lowest BCUT2D eigenvalue weighted by Gasteiger charge is -2.17. The molecule has 0 saturated heterocycles.